The number of allylic oxidation sites excluding steroid dienone is 2. The Morgan fingerprint density at radius 1 is 1.26 bits per heavy atom. The summed E-state index contributed by atoms with van der Waals surface area (Å²) in [6, 6.07) is 0. The van der Waals surface area contributed by atoms with Gasteiger partial charge in [-0.3, -0.25) is 9.59 Å². The van der Waals surface area contributed by atoms with Gasteiger partial charge in [0.15, 0.2) is 11.4 Å². The van der Waals surface area contributed by atoms with Gasteiger partial charge in [0.1, 0.15) is 0 Å². The molecular formula is C28H38O3. The van der Waals surface area contributed by atoms with Crippen molar-refractivity contribution in [2.45, 2.75) is 96.5 Å². The van der Waals surface area contributed by atoms with E-state index in [1.54, 1.807) is 0 Å². The Labute approximate surface area is 188 Å². The number of hydrogen-bond donors (Lipinski definition) is 0. The van der Waals surface area contributed by atoms with Crippen LogP contribution in [0.1, 0.15) is 90.9 Å². The predicted octanol–water partition coefficient (Wildman–Crippen LogP) is 6.18. The number of ether oxygens (including phenoxy) is 1. The highest BCUT2D eigenvalue weighted by atomic mass is 16.6. The molecule has 0 N–H and O–H groups in total. The van der Waals surface area contributed by atoms with Crippen molar-refractivity contribution in [2.24, 2.45) is 29.1 Å². The van der Waals surface area contributed by atoms with Gasteiger partial charge < -0.3 is 4.74 Å². The summed E-state index contributed by atoms with van der Waals surface area (Å²) in [5, 5.41) is 0. The second-order valence-corrected chi connectivity index (χ2v) is 10.5. The average Bonchev–Trinajstić information content (AvgIpc) is 3.07. The number of ketones is 1. The van der Waals surface area contributed by atoms with Gasteiger partial charge in [-0.1, -0.05) is 50.3 Å². The molecule has 0 saturated heterocycles. The molecule has 0 aliphatic heterocycles. The van der Waals surface area contributed by atoms with Gasteiger partial charge in [0.25, 0.3) is 0 Å². The van der Waals surface area contributed by atoms with Gasteiger partial charge in [0.05, 0.1) is 0 Å². The van der Waals surface area contributed by atoms with E-state index < -0.39 is 5.60 Å². The van der Waals surface area contributed by atoms with E-state index in [0.29, 0.717) is 36.5 Å². The van der Waals surface area contributed by atoms with Crippen molar-refractivity contribution < 1.29 is 14.3 Å². The zero-order valence-corrected chi connectivity index (χ0v) is 19.4. The summed E-state index contributed by atoms with van der Waals surface area (Å²) in [5.41, 5.74) is 1.62. The zero-order valence-electron chi connectivity index (χ0n) is 19.4. The third kappa shape index (κ3) is 3.51. The van der Waals surface area contributed by atoms with Crippen LogP contribution in [0.5, 0.6) is 0 Å². The number of rotatable bonds is 6. The quantitative estimate of drug-likeness (QED) is 0.222. The molecule has 31 heavy (non-hydrogen) atoms. The Morgan fingerprint density at radius 2 is 2.06 bits per heavy atom. The highest BCUT2D eigenvalue weighted by molar-refractivity contribution is 5.91. The van der Waals surface area contributed by atoms with Crippen molar-refractivity contribution in [2.75, 3.05) is 0 Å². The van der Waals surface area contributed by atoms with Crippen LogP contribution in [0, 0.1) is 41.4 Å². The molecule has 3 fully saturated rings. The highest BCUT2D eigenvalue weighted by Crippen LogP contribution is 2.68. The lowest BCUT2D eigenvalue weighted by Gasteiger charge is -2.57. The Hall–Kier alpha value is -1.82. The molecule has 0 radical (unpaired) electrons. The molecule has 4 aliphatic rings. The van der Waals surface area contributed by atoms with Crippen LogP contribution in [-0.2, 0) is 14.3 Å². The third-order valence-corrected chi connectivity index (χ3v) is 9.17. The van der Waals surface area contributed by atoms with Gasteiger partial charge in [-0.15, -0.1) is 6.42 Å². The van der Waals surface area contributed by atoms with Crippen LogP contribution in [0.4, 0.5) is 0 Å². The van der Waals surface area contributed by atoms with Crippen molar-refractivity contribution in [1.82, 2.24) is 0 Å². The normalized spacial score (nSPS) is 39.1. The average molecular weight is 423 g/mol. The number of carbonyl (C=O) groups is 2. The molecular weight excluding hydrogens is 384 g/mol. The highest BCUT2D eigenvalue weighted by Gasteiger charge is 2.66. The van der Waals surface area contributed by atoms with Crippen LogP contribution in [0.25, 0.3) is 0 Å². The van der Waals surface area contributed by atoms with Crippen LogP contribution in [0.2, 0.25) is 0 Å². The molecule has 0 unspecified atom stereocenters. The number of hydrogen-bond acceptors (Lipinski definition) is 3. The summed E-state index contributed by atoms with van der Waals surface area (Å²) in [4.78, 5) is 24.8. The molecule has 0 bridgehead atoms. The summed E-state index contributed by atoms with van der Waals surface area (Å²) in [6.45, 7) is 8.94. The van der Waals surface area contributed by atoms with Gasteiger partial charge >= 0.3 is 5.97 Å². The molecule has 3 heteroatoms. The second-order valence-electron chi connectivity index (χ2n) is 10.5. The Bertz CT molecular complexity index is 830. The minimum Gasteiger partial charge on any atom is -0.445 e. The fourth-order valence-corrected chi connectivity index (χ4v) is 7.83. The van der Waals surface area contributed by atoms with E-state index in [1.807, 2.05) is 6.08 Å². The Kier molecular flexibility index (Phi) is 6.21. The maximum Gasteiger partial charge on any atom is 0.307 e. The zero-order chi connectivity index (χ0) is 22.2. The van der Waals surface area contributed by atoms with Crippen LogP contribution < -0.4 is 0 Å². The van der Waals surface area contributed by atoms with E-state index >= 15 is 0 Å². The predicted molar refractivity (Wildman–Crippen MR) is 123 cm³/mol. The van der Waals surface area contributed by atoms with Gasteiger partial charge in [-0.25, -0.2) is 0 Å². The monoisotopic (exact) mass is 422 g/mol. The van der Waals surface area contributed by atoms with Crippen molar-refractivity contribution in [1.29, 1.82) is 0 Å². The maximum absolute atomic E-state index is 12.8. The first kappa shape index (κ1) is 22.4. The number of unbranched alkanes of at least 4 members (excludes halogenated alkanes) is 2. The molecule has 0 aromatic carbocycles. The topological polar surface area (TPSA) is 43.4 Å². The standard InChI is InChI=1S/C28H38O3/c1-5-8-9-10-25(30)31-28(7-3)16-15-24-23-13-11-20-17-21(29)12-14-22(20)26(23)19(4)18-27(24,28)6-2/h3,17,22-24,26H,4-6,8-16,18H2,1-2H3/t22-,23-,24-,26+,27-,28-/m0/s1. The summed E-state index contributed by atoms with van der Waals surface area (Å²) >= 11 is 0. The molecule has 6 atom stereocenters. The van der Waals surface area contributed by atoms with E-state index in [9.17, 15) is 9.59 Å². The van der Waals surface area contributed by atoms with Gasteiger partial charge in [0.2, 0.25) is 0 Å². The number of fused-ring (bicyclic) bond motifs is 5. The first-order valence-electron chi connectivity index (χ1n) is 12.5. The lowest BCUT2D eigenvalue weighted by molar-refractivity contribution is -0.170. The number of esters is 1. The first-order chi connectivity index (χ1) is 14.9. The SMILES string of the molecule is C#C[C@]1(OC(=O)CCCCC)CC[C@H]2[C@@H]3CCC4=CC(=O)CC[C@@H]4[C@H]3C(=C)C[C@@]21CC. The molecule has 3 saturated carbocycles. The van der Waals surface area contributed by atoms with E-state index in [4.69, 9.17) is 11.2 Å². The van der Waals surface area contributed by atoms with Crippen molar-refractivity contribution in [3.05, 3.63) is 23.8 Å². The minimum atomic E-state index is -0.803. The molecule has 3 nitrogen and oxygen atoms in total. The van der Waals surface area contributed by atoms with Crippen LogP contribution in [0.3, 0.4) is 0 Å². The number of carbonyl (C=O) groups excluding carboxylic acids is 2. The van der Waals surface area contributed by atoms with Crippen molar-refractivity contribution >= 4 is 11.8 Å². The molecule has 0 aromatic heterocycles. The lowest BCUT2D eigenvalue weighted by Crippen LogP contribution is -2.55. The largest absolute Gasteiger partial charge is 0.445 e. The van der Waals surface area contributed by atoms with E-state index in [1.165, 1.54) is 11.1 Å². The minimum absolute atomic E-state index is 0.132. The van der Waals surface area contributed by atoms with Gasteiger partial charge in [0, 0.05) is 18.3 Å². The summed E-state index contributed by atoms with van der Waals surface area (Å²) < 4.78 is 6.24. The molecule has 4 aliphatic carbocycles. The Morgan fingerprint density at radius 3 is 2.77 bits per heavy atom. The van der Waals surface area contributed by atoms with E-state index in [2.05, 4.69) is 26.3 Å². The molecule has 168 valence electrons. The van der Waals surface area contributed by atoms with Gasteiger partial charge in [-0.2, -0.15) is 0 Å². The Balaban J connectivity index is 1.62. The second kappa shape index (κ2) is 8.61. The van der Waals surface area contributed by atoms with Crippen molar-refractivity contribution in [3.63, 3.8) is 0 Å². The molecule has 0 amide bonds. The molecule has 0 spiro atoms. The van der Waals surface area contributed by atoms with Gasteiger partial charge in [-0.05, 0) is 81.1 Å². The molecule has 0 heterocycles. The first-order valence-corrected chi connectivity index (χ1v) is 12.5. The van der Waals surface area contributed by atoms with E-state index in [0.717, 1.165) is 64.2 Å². The smallest absolute Gasteiger partial charge is 0.307 e. The van der Waals surface area contributed by atoms with Crippen LogP contribution in [0.15, 0.2) is 23.8 Å². The number of terminal acetylenes is 1. The molecule has 4 rings (SSSR count). The van der Waals surface area contributed by atoms with E-state index in [-0.39, 0.29) is 17.2 Å². The summed E-state index contributed by atoms with van der Waals surface area (Å²) in [6.07, 6.45) is 18.8. The third-order valence-electron chi connectivity index (χ3n) is 9.17. The summed E-state index contributed by atoms with van der Waals surface area (Å²) in [5.74, 6) is 5.10. The lowest BCUT2D eigenvalue weighted by atomic mass is 9.48. The fraction of sp³-hybridized carbons (Fsp3) is 0.714. The fourth-order valence-electron chi connectivity index (χ4n) is 7.83. The van der Waals surface area contributed by atoms with Crippen molar-refractivity contribution in [3.8, 4) is 12.3 Å². The maximum atomic E-state index is 12.8. The van der Waals surface area contributed by atoms with Crippen LogP contribution >= 0.6 is 0 Å². The summed E-state index contributed by atoms with van der Waals surface area (Å²) in [7, 11) is 0. The van der Waals surface area contributed by atoms with Crippen LogP contribution in [-0.4, -0.2) is 17.4 Å². The molecule has 0 aromatic rings.